The lowest BCUT2D eigenvalue weighted by atomic mass is 10.1. The molecule has 1 aliphatic rings. The van der Waals surface area contributed by atoms with Crippen molar-refractivity contribution in [3.63, 3.8) is 0 Å². The number of rotatable bonds is 11. The minimum atomic E-state index is -2.05. The van der Waals surface area contributed by atoms with Crippen molar-refractivity contribution in [2.45, 2.75) is 109 Å². The highest BCUT2D eigenvalue weighted by atomic mass is 28.4. The highest BCUT2D eigenvalue weighted by molar-refractivity contribution is 6.74. The monoisotopic (exact) mass is 568 g/mol. The van der Waals surface area contributed by atoms with Crippen molar-refractivity contribution in [3.8, 4) is 0 Å². The Kier molecular flexibility index (Phi) is 10.0. The molecule has 0 spiro atoms. The quantitative estimate of drug-likeness (QED) is 0.132. The van der Waals surface area contributed by atoms with Crippen LogP contribution in [0.1, 0.15) is 54.4 Å². The average molecular weight is 569 g/mol. The Hall–Kier alpha value is -2.20. The normalized spacial score (nSPS) is 21.2. The van der Waals surface area contributed by atoms with Crippen LogP contribution in [-0.4, -0.2) is 57.6 Å². The number of benzene rings is 1. The summed E-state index contributed by atoms with van der Waals surface area (Å²) in [6, 6.07) is 3.38. The van der Waals surface area contributed by atoms with Crippen molar-refractivity contribution < 1.29 is 23.4 Å². The Balaban J connectivity index is 2.11. The Morgan fingerprint density at radius 1 is 1.05 bits per heavy atom. The predicted octanol–water partition coefficient (Wildman–Crippen LogP) is 6.86. The number of nitro benzene ring substituents is 2. The van der Waals surface area contributed by atoms with Crippen LogP contribution in [0.15, 0.2) is 23.3 Å². The largest absolute Gasteiger partial charge is 0.414 e. The lowest BCUT2D eigenvalue weighted by molar-refractivity contribution is -0.393. The molecule has 1 heterocycles. The fourth-order valence-corrected chi connectivity index (χ4v) is 5.82. The minimum absolute atomic E-state index is 0.0563. The smallest absolute Gasteiger partial charge is 0.301 e. The van der Waals surface area contributed by atoms with Crippen LogP contribution in [0.25, 0.3) is 0 Å². The van der Waals surface area contributed by atoms with E-state index in [1.54, 1.807) is 6.21 Å². The van der Waals surface area contributed by atoms with Gasteiger partial charge in [0.15, 0.2) is 16.6 Å². The number of hydrazone groups is 1. The third-order valence-corrected chi connectivity index (χ3v) is 17.0. The zero-order valence-corrected chi connectivity index (χ0v) is 26.4. The fourth-order valence-electron chi connectivity index (χ4n) is 3.45. The maximum absolute atomic E-state index is 11.3. The molecule has 1 aromatic carbocycles. The van der Waals surface area contributed by atoms with Crippen molar-refractivity contribution in [3.05, 3.63) is 38.4 Å². The molecule has 0 saturated carbocycles. The van der Waals surface area contributed by atoms with E-state index in [4.69, 9.17) is 13.6 Å². The summed E-state index contributed by atoms with van der Waals surface area (Å²) in [5.41, 5.74) is 1.93. The highest BCUT2D eigenvalue weighted by Crippen LogP contribution is 2.41. The molecule has 2 rings (SSSR count). The number of nitrogens with zero attached hydrogens (tertiary/aromatic N) is 3. The van der Waals surface area contributed by atoms with Crippen LogP contribution >= 0.6 is 0 Å². The second kappa shape index (κ2) is 11.9. The lowest BCUT2D eigenvalue weighted by Crippen LogP contribution is -2.48. The molecule has 1 N–H and O–H groups in total. The van der Waals surface area contributed by atoms with E-state index < -0.39 is 32.2 Å². The maximum Gasteiger partial charge on any atom is 0.301 e. The molecule has 0 bridgehead atoms. The van der Waals surface area contributed by atoms with Crippen molar-refractivity contribution in [2.75, 3.05) is 12.0 Å². The Labute approximate surface area is 227 Å². The molecule has 3 atom stereocenters. The molecule has 0 aliphatic carbocycles. The number of nitrogens with one attached hydrogen (secondary N) is 1. The van der Waals surface area contributed by atoms with Gasteiger partial charge in [-0.3, -0.25) is 25.7 Å². The van der Waals surface area contributed by atoms with Gasteiger partial charge in [0.1, 0.15) is 11.8 Å². The van der Waals surface area contributed by atoms with Gasteiger partial charge < -0.3 is 13.6 Å². The first-order valence-electron chi connectivity index (χ1n) is 12.9. The molecule has 1 fully saturated rings. The summed E-state index contributed by atoms with van der Waals surface area (Å²) in [5, 5.41) is 26.5. The van der Waals surface area contributed by atoms with Gasteiger partial charge in [-0.15, -0.1) is 0 Å². The summed E-state index contributed by atoms with van der Waals surface area (Å²) < 4.78 is 19.6. The Morgan fingerprint density at radius 3 is 2.18 bits per heavy atom. The molecule has 0 unspecified atom stereocenters. The second-order valence-electron chi connectivity index (χ2n) is 12.9. The van der Waals surface area contributed by atoms with E-state index in [9.17, 15) is 20.2 Å². The molecule has 214 valence electrons. The third-order valence-electron chi connectivity index (χ3n) is 7.98. The maximum atomic E-state index is 11.3. The highest BCUT2D eigenvalue weighted by Gasteiger charge is 2.46. The van der Waals surface area contributed by atoms with E-state index in [1.807, 2.05) is 0 Å². The molecule has 13 heteroatoms. The summed E-state index contributed by atoms with van der Waals surface area (Å²) in [6.45, 7) is 22.6. The number of hydrogen-bond donors (Lipinski definition) is 1. The summed E-state index contributed by atoms with van der Waals surface area (Å²) >= 11 is 0. The van der Waals surface area contributed by atoms with Gasteiger partial charge in [0.25, 0.3) is 5.69 Å². The number of non-ortho nitro benzene ring substituents is 1. The first kappa shape index (κ1) is 32.0. The van der Waals surface area contributed by atoms with Crippen molar-refractivity contribution in [1.29, 1.82) is 0 Å². The van der Waals surface area contributed by atoms with Gasteiger partial charge >= 0.3 is 5.69 Å². The number of anilines is 1. The van der Waals surface area contributed by atoms with Crippen LogP contribution in [0.5, 0.6) is 0 Å². The summed E-state index contributed by atoms with van der Waals surface area (Å²) in [7, 11) is -4.02. The Morgan fingerprint density at radius 2 is 1.66 bits per heavy atom. The SMILES string of the molecule is CC(C)(C)[Si](C)(C)OC[C@H]1O[C@H](C/C=N/Nc2ccc([N+](=O)[O-])cc2[N+](=O)[O-])C[C@@H]1O[Si](C)(C)C(C)(C)C. The molecule has 1 aliphatic heterocycles. The summed E-state index contributed by atoms with van der Waals surface area (Å²) in [4.78, 5) is 20.9. The first-order chi connectivity index (χ1) is 17.2. The van der Waals surface area contributed by atoms with E-state index in [2.05, 4.69) is 78.3 Å². The molecule has 38 heavy (non-hydrogen) atoms. The van der Waals surface area contributed by atoms with Gasteiger partial charge in [-0.1, -0.05) is 41.5 Å². The molecular formula is C25H44N4O7Si2. The van der Waals surface area contributed by atoms with Crippen LogP contribution < -0.4 is 5.43 Å². The number of hydrogen-bond acceptors (Lipinski definition) is 9. The number of nitro groups is 2. The molecular weight excluding hydrogens is 524 g/mol. The molecule has 0 aromatic heterocycles. The predicted molar refractivity (Wildman–Crippen MR) is 155 cm³/mol. The van der Waals surface area contributed by atoms with Crippen molar-refractivity contribution in [2.24, 2.45) is 5.10 Å². The second-order valence-corrected chi connectivity index (χ2v) is 22.5. The van der Waals surface area contributed by atoms with E-state index in [-0.39, 0.29) is 39.8 Å². The third kappa shape index (κ3) is 8.15. The fraction of sp³-hybridized carbons (Fsp3) is 0.720. The molecule has 11 nitrogen and oxygen atoms in total. The van der Waals surface area contributed by atoms with Gasteiger partial charge in [-0.2, -0.15) is 5.10 Å². The molecule has 0 radical (unpaired) electrons. The van der Waals surface area contributed by atoms with E-state index >= 15 is 0 Å². The van der Waals surface area contributed by atoms with Crippen LogP contribution in [0, 0.1) is 20.2 Å². The van der Waals surface area contributed by atoms with Crippen molar-refractivity contribution in [1.82, 2.24) is 0 Å². The van der Waals surface area contributed by atoms with Crippen LogP contribution in [0.4, 0.5) is 17.1 Å². The van der Waals surface area contributed by atoms with Gasteiger partial charge in [-0.25, -0.2) is 0 Å². The average Bonchev–Trinajstić information content (AvgIpc) is 3.14. The summed E-state index contributed by atoms with van der Waals surface area (Å²) in [6.07, 6.45) is 2.35. The summed E-state index contributed by atoms with van der Waals surface area (Å²) in [5.74, 6) is 0. The zero-order valence-electron chi connectivity index (χ0n) is 24.4. The van der Waals surface area contributed by atoms with Crippen LogP contribution in [0.2, 0.25) is 36.3 Å². The van der Waals surface area contributed by atoms with Gasteiger partial charge in [-0.05, 0) is 42.3 Å². The van der Waals surface area contributed by atoms with Crippen LogP contribution in [0.3, 0.4) is 0 Å². The lowest BCUT2D eigenvalue weighted by Gasteiger charge is -2.40. The number of ether oxygens (including phenoxy) is 1. The van der Waals surface area contributed by atoms with E-state index in [1.165, 1.54) is 12.1 Å². The topological polar surface area (TPSA) is 138 Å². The molecule has 1 saturated heterocycles. The first-order valence-corrected chi connectivity index (χ1v) is 18.7. The van der Waals surface area contributed by atoms with E-state index in [0.717, 1.165) is 6.07 Å². The molecule has 0 amide bonds. The van der Waals surface area contributed by atoms with E-state index in [0.29, 0.717) is 19.4 Å². The Bertz CT molecular complexity index is 1040. The van der Waals surface area contributed by atoms with Gasteiger partial charge in [0, 0.05) is 25.1 Å². The zero-order chi connectivity index (χ0) is 29.1. The standard InChI is InChI=1S/C25H44N4O7Si2/c1-24(2,3)37(7,8)34-17-23-22(36-38(9,10)25(4,5)6)16-19(35-23)13-14-26-27-20-12-11-18(28(30)31)15-21(20)29(32)33/h11-12,14-15,19,22-23,27H,13,16-17H2,1-10H3/b26-14+/t19-,22+,23-/m1/s1. The molecule has 1 aromatic rings. The minimum Gasteiger partial charge on any atom is -0.414 e. The van der Waals surface area contributed by atoms with Crippen LogP contribution in [-0.2, 0) is 13.6 Å². The van der Waals surface area contributed by atoms with Gasteiger partial charge in [0.05, 0.1) is 34.7 Å². The van der Waals surface area contributed by atoms with Crippen molar-refractivity contribution >= 4 is 39.9 Å². The van der Waals surface area contributed by atoms with Gasteiger partial charge in [0.2, 0.25) is 0 Å².